The Bertz CT molecular complexity index is 799. The Hall–Kier alpha value is -1.86. The van der Waals surface area contributed by atoms with Crippen molar-refractivity contribution in [1.82, 2.24) is 0 Å². The highest BCUT2D eigenvalue weighted by Gasteiger charge is 2.48. The van der Waals surface area contributed by atoms with Crippen molar-refractivity contribution in [2.45, 2.75) is 75.2 Å². The van der Waals surface area contributed by atoms with Crippen molar-refractivity contribution in [2.24, 2.45) is 5.92 Å². The van der Waals surface area contributed by atoms with Crippen molar-refractivity contribution in [2.75, 3.05) is 0 Å². The number of esters is 1. The van der Waals surface area contributed by atoms with Crippen LogP contribution in [0.5, 0.6) is 0 Å². The number of carbonyl (C=O) groups excluding carboxylic acids is 2. The van der Waals surface area contributed by atoms with Gasteiger partial charge in [0.1, 0.15) is 17.8 Å². The molecule has 0 radical (unpaired) electrons. The van der Waals surface area contributed by atoms with Gasteiger partial charge in [-0.1, -0.05) is 36.6 Å². The highest BCUT2D eigenvalue weighted by atomic mass is 35.5. The average Bonchev–Trinajstić information content (AvgIpc) is 3.21. The number of carbonyl (C=O) groups is 2. The van der Waals surface area contributed by atoms with E-state index in [0.717, 1.165) is 49.7 Å². The highest BCUT2D eigenvalue weighted by Crippen LogP contribution is 2.50. The van der Waals surface area contributed by atoms with E-state index in [-0.39, 0.29) is 24.1 Å². The number of nitriles is 1. The molecule has 3 aliphatic rings. The third-order valence-corrected chi connectivity index (χ3v) is 6.92. The highest BCUT2D eigenvalue weighted by molar-refractivity contribution is 6.31. The minimum atomic E-state index is -0.654. The van der Waals surface area contributed by atoms with Crippen molar-refractivity contribution in [3.8, 4) is 6.07 Å². The van der Waals surface area contributed by atoms with E-state index in [1.165, 1.54) is 0 Å². The fourth-order valence-electron chi connectivity index (χ4n) is 4.90. The van der Waals surface area contributed by atoms with Gasteiger partial charge in [-0.25, -0.2) is 0 Å². The van der Waals surface area contributed by atoms with Crippen LogP contribution >= 0.6 is 11.6 Å². The van der Waals surface area contributed by atoms with Crippen molar-refractivity contribution in [3.05, 3.63) is 34.3 Å². The number of cyclic esters (lactones) is 1. The summed E-state index contributed by atoms with van der Waals surface area (Å²) in [6, 6.07) is 8.31. The molecule has 0 spiro atoms. The standard InChI is InChI=1S/C22H24ClNO3/c23-19-11-15(5-6-18(19)21(14-24)9-10-21)7-8-22(16-3-1-2-4-16)13-17(25)12-20(26)27-22/h5-6,11,16H,1-4,7-10,12-13H2. The molecule has 1 unspecified atom stereocenters. The largest absolute Gasteiger partial charge is 0.458 e. The number of aryl methyl sites for hydroxylation is 1. The van der Waals surface area contributed by atoms with Crippen LogP contribution in [0.1, 0.15) is 68.9 Å². The summed E-state index contributed by atoms with van der Waals surface area (Å²) in [5, 5.41) is 10.0. The molecule has 0 amide bonds. The minimum Gasteiger partial charge on any atom is -0.458 e. The van der Waals surface area contributed by atoms with Gasteiger partial charge < -0.3 is 4.74 Å². The summed E-state index contributed by atoms with van der Waals surface area (Å²) in [5.41, 5.74) is 0.925. The maximum Gasteiger partial charge on any atom is 0.313 e. The normalized spacial score (nSPS) is 27.3. The lowest BCUT2D eigenvalue weighted by atomic mass is 9.76. The van der Waals surface area contributed by atoms with E-state index in [1.54, 1.807) is 0 Å². The molecule has 0 bridgehead atoms. The molecular formula is C22H24ClNO3. The summed E-state index contributed by atoms with van der Waals surface area (Å²) in [6.45, 7) is 0. The van der Waals surface area contributed by atoms with Gasteiger partial charge in [-0.05, 0) is 61.6 Å². The summed E-state index contributed by atoms with van der Waals surface area (Å²) < 4.78 is 5.85. The topological polar surface area (TPSA) is 67.2 Å². The van der Waals surface area contributed by atoms with Crippen LogP contribution in [0.2, 0.25) is 5.02 Å². The first kappa shape index (κ1) is 18.5. The van der Waals surface area contributed by atoms with Crippen LogP contribution in [0.3, 0.4) is 0 Å². The van der Waals surface area contributed by atoms with Crippen molar-refractivity contribution >= 4 is 23.4 Å². The first-order valence-electron chi connectivity index (χ1n) is 9.90. The molecule has 142 valence electrons. The first-order chi connectivity index (χ1) is 13.0. The second-order valence-electron chi connectivity index (χ2n) is 8.42. The van der Waals surface area contributed by atoms with Crippen molar-refractivity contribution in [1.29, 1.82) is 5.26 Å². The lowest BCUT2D eigenvalue weighted by Crippen LogP contribution is -2.48. The zero-order chi connectivity index (χ0) is 19.1. The third-order valence-electron chi connectivity index (χ3n) is 6.60. The van der Waals surface area contributed by atoms with Crippen LogP contribution in [-0.4, -0.2) is 17.4 Å². The molecule has 2 saturated carbocycles. The Kier molecular flexibility index (Phi) is 4.76. The van der Waals surface area contributed by atoms with Gasteiger partial charge in [0.05, 0.1) is 11.5 Å². The molecule has 1 aromatic rings. The zero-order valence-electron chi connectivity index (χ0n) is 15.4. The number of benzene rings is 1. The Balaban J connectivity index is 1.53. The lowest BCUT2D eigenvalue weighted by molar-refractivity contribution is -0.178. The predicted octanol–water partition coefficient (Wildman–Crippen LogP) is 4.66. The van der Waals surface area contributed by atoms with E-state index in [9.17, 15) is 14.9 Å². The summed E-state index contributed by atoms with van der Waals surface area (Å²) in [4.78, 5) is 24.2. The Morgan fingerprint density at radius 1 is 1.22 bits per heavy atom. The summed E-state index contributed by atoms with van der Waals surface area (Å²) in [7, 11) is 0. The number of hydrogen-bond acceptors (Lipinski definition) is 4. The molecule has 1 saturated heterocycles. The molecular weight excluding hydrogens is 362 g/mol. The maximum atomic E-state index is 12.2. The number of hydrogen-bond donors (Lipinski definition) is 0. The molecule has 0 N–H and O–H groups in total. The van der Waals surface area contributed by atoms with Gasteiger partial charge in [0.15, 0.2) is 0 Å². The minimum absolute atomic E-state index is 0.00349. The number of rotatable bonds is 5. The number of ether oxygens (including phenoxy) is 1. The zero-order valence-corrected chi connectivity index (χ0v) is 16.2. The molecule has 3 fully saturated rings. The van der Waals surface area contributed by atoms with Crippen LogP contribution in [0.25, 0.3) is 0 Å². The van der Waals surface area contributed by atoms with Crippen LogP contribution in [0.15, 0.2) is 18.2 Å². The van der Waals surface area contributed by atoms with E-state index in [0.29, 0.717) is 24.3 Å². The molecule has 4 rings (SSSR count). The molecule has 27 heavy (non-hydrogen) atoms. The Morgan fingerprint density at radius 2 is 1.96 bits per heavy atom. The summed E-state index contributed by atoms with van der Waals surface area (Å²) in [5.74, 6) is -0.110. The number of ketones is 1. The van der Waals surface area contributed by atoms with Gasteiger partial charge in [0.2, 0.25) is 0 Å². The van der Waals surface area contributed by atoms with Gasteiger partial charge in [-0.3, -0.25) is 9.59 Å². The second kappa shape index (κ2) is 6.95. The van der Waals surface area contributed by atoms with E-state index < -0.39 is 11.0 Å². The van der Waals surface area contributed by atoms with Gasteiger partial charge >= 0.3 is 5.97 Å². The molecule has 0 aromatic heterocycles. The molecule has 1 aliphatic heterocycles. The maximum absolute atomic E-state index is 12.2. The Morgan fingerprint density at radius 3 is 2.56 bits per heavy atom. The first-order valence-corrected chi connectivity index (χ1v) is 10.3. The quantitative estimate of drug-likeness (QED) is 0.546. The lowest BCUT2D eigenvalue weighted by Gasteiger charge is -2.41. The van der Waals surface area contributed by atoms with Crippen LogP contribution in [0, 0.1) is 17.2 Å². The van der Waals surface area contributed by atoms with Crippen LogP contribution in [-0.2, 0) is 26.2 Å². The van der Waals surface area contributed by atoms with Crippen LogP contribution in [0.4, 0.5) is 0 Å². The molecule has 2 aliphatic carbocycles. The van der Waals surface area contributed by atoms with Gasteiger partial charge in [-0.15, -0.1) is 0 Å². The predicted molar refractivity (Wildman–Crippen MR) is 101 cm³/mol. The van der Waals surface area contributed by atoms with E-state index in [1.807, 2.05) is 18.2 Å². The van der Waals surface area contributed by atoms with Crippen molar-refractivity contribution in [3.63, 3.8) is 0 Å². The van der Waals surface area contributed by atoms with Gasteiger partial charge in [0, 0.05) is 11.4 Å². The van der Waals surface area contributed by atoms with Gasteiger partial charge in [-0.2, -0.15) is 5.26 Å². The van der Waals surface area contributed by atoms with E-state index in [2.05, 4.69) is 6.07 Å². The van der Waals surface area contributed by atoms with E-state index in [4.69, 9.17) is 16.3 Å². The Labute approximate surface area is 164 Å². The van der Waals surface area contributed by atoms with Crippen molar-refractivity contribution < 1.29 is 14.3 Å². The molecule has 1 aromatic carbocycles. The molecule has 1 atom stereocenters. The molecule has 4 nitrogen and oxygen atoms in total. The fraction of sp³-hybridized carbons (Fsp3) is 0.591. The fourth-order valence-corrected chi connectivity index (χ4v) is 5.29. The number of nitrogens with zero attached hydrogens (tertiary/aromatic N) is 1. The summed E-state index contributed by atoms with van der Waals surface area (Å²) >= 11 is 6.47. The van der Waals surface area contributed by atoms with Crippen LogP contribution < -0.4 is 0 Å². The number of Topliss-reactive ketones (excluding diaryl/α,β-unsaturated/α-hetero) is 1. The second-order valence-corrected chi connectivity index (χ2v) is 8.83. The van der Waals surface area contributed by atoms with E-state index >= 15 is 0 Å². The molecule has 5 heteroatoms. The smallest absolute Gasteiger partial charge is 0.313 e. The van der Waals surface area contributed by atoms with Gasteiger partial charge in [0.25, 0.3) is 0 Å². The number of halogens is 1. The third kappa shape index (κ3) is 3.50. The SMILES string of the molecule is N#CC1(c2ccc(CCC3(C4CCCC4)CC(=O)CC(=O)O3)cc2Cl)CC1. The monoisotopic (exact) mass is 385 g/mol. The summed E-state index contributed by atoms with van der Waals surface area (Å²) in [6.07, 6.45) is 7.64. The molecule has 1 heterocycles. The average molecular weight is 386 g/mol.